The molecular formula is C21H24BrN3O4S. The molecule has 0 aromatic heterocycles. The topological polar surface area (TPSA) is 110 Å². The number of benzene rings is 2. The maximum Gasteiger partial charge on any atom is 0.248 e. The monoisotopic (exact) mass is 493 g/mol. The molecule has 0 unspecified atom stereocenters. The minimum absolute atomic E-state index is 0.162. The maximum absolute atomic E-state index is 13.3. The number of carbonyl (C=O) groups excluding carboxylic acids is 2. The number of halogens is 1. The molecule has 0 saturated heterocycles. The van der Waals surface area contributed by atoms with Crippen molar-refractivity contribution in [1.82, 2.24) is 4.31 Å². The summed E-state index contributed by atoms with van der Waals surface area (Å²) < 4.78 is 28.8. The van der Waals surface area contributed by atoms with E-state index in [1.807, 2.05) is 0 Å². The van der Waals surface area contributed by atoms with E-state index in [1.165, 1.54) is 28.6 Å². The lowest BCUT2D eigenvalue weighted by Crippen LogP contribution is -2.45. The van der Waals surface area contributed by atoms with Crippen molar-refractivity contribution in [1.29, 1.82) is 0 Å². The van der Waals surface area contributed by atoms with Gasteiger partial charge in [0.2, 0.25) is 21.8 Å². The Balaban J connectivity index is 1.80. The lowest BCUT2D eigenvalue weighted by atomic mass is 9.95. The molecule has 0 atom stereocenters. The van der Waals surface area contributed by atoms with Crippen LogP contribution in [-0.2, 0) is 14.8 Å². The van der Waals surface area contributed by atoms with E-state index >= 15 is 0 Å². The third kappa shape index (κ3) is 5.47. The van der Waals surface area contributed by atoms with Crippen LogP contribution in [0.25, 0.3) is 0 Å². The van der Waals surface area contributed by atoms with E-state index in [-0.39, 0.29) is 17.5 Å². The van der Waals surface area contributed by atoms with Gasteiger partial charge in [-0.15, -0.1) is 0 Å². The average molecular weight is 494 g/mol. The molecular weight excluding hydrogens is 470 g/mol. The first-order chi connectivity index (χ1) is 14.3. The Bertz CT molecular complexity index is 1000. The average Bonchev–Trinajstić information content (AvgIpc) is 2.73. The van der Waals surface area contributed by atoms with Crippen LogP contribution < -0.4 is 11.1 Å². The fourth-order valence-corrected chi connectivity index (χ4v) is 5.49. The van der Waals surface area contributed by atoms with Gasteiger partial charge in [-0.1, -0.05) is 35.2 Å². The second-order valence-corrected chi connectivity index (χ2v) is 10.1. The summed E-state index contributed by atoms with van der Waals surface area (Å²) in [7, 11) is -3.83. The Hall–Kier alpha value is -2.23. The zero-order valence-electron chi connectivity index (χ0n) is 16.4. The Labute approximate surface area is 184 Å². The van der Waals surface area contributed by atoms with Crippen molar-refractivity contribution in [3.63, 3.8) is 0 Å². The summed E-state index contributed by atoms with van der Waals surface area (Å²) in [5.41, 5.74) is 6.02. The van der Waals surface area contributed by atoms with Crippen molar-refractivity contribution in [2.45, 2.75) is 43.0 Å². The number of nitrogens with two attached hydrogens (primary N) is 1. The van der Waals surface area contributed by atoms with E-state index in [0.717, 1.165) is 36.6 Å². The Morgan fingerprint density at radius 2 is 1.60 bits per heavy atom. The number of carbonyl (C=O) groups is 2. The quantitative estimate of drug-likeness (QED) is 0.614. The summed E-state index contributed by atoms with van der Waals surface area (Å²) in [6.07, 6.45) is 4.41. The van der Waals surface area contributed by atoms with Gasteiger partial charge >= 0.3 is 0 Å². The zero-order chi connectivity index (χ0) is 21.7. The molecule has 160 valence electrons. The second-order valence-electron chi connectivity index (χ2n) is 7.29. The van der Waals surface area contributed by atoms with Crippen LogP contribution in [0.1, 0.15) is 42.5 Å². The highest BCUT2D eigenvalue weighted by Crippen LogP contribution is 2.28. The van der Waals surface area contributed by atoms with Crippen molar-refractivity contribution in [2.75, 3.05) is 11.9 Å². The minimum atomic E-state index is -3.83. The molecule has 1 aliphatic carbocycles. The number of sulfonamides is 1. The van der Waals surface area contributed by atoms with E-state index in [9.17, 15) is 18.0 Å². The predicted octanol–water partition coefficient (Wildman–Crippen LogP) is 3.51. The molecule has 30 heavy (non-hydrogen) atoms. The van der Waals surface area contributed by atoms with Crippen molar-refractivity contribution in [2.24, 2.45) is 5.73 Å². The van der Waals surface area contributed by atoms with Crippen LogP contribution in [0, 0.1) is 0 Å². The Kier molecular flexibility index (Phi) is 7.27. The van der Waals surface area contributed by atoms with Gasteiger partial charge in [0.1, 0.15) is 0 Å². The number of rotatable bonds is 7. The van der Waals surface area contributed by atoms with E-state index in [0.29, 0.717) is 11.3 Å². The number of amides is 2. The van der Waals surface area contributed by atoms with Gasteiger partial charge in [0.25, 0.3) is 0 Å². The first-order valence-corrected chi connectivity index (χ1v) is 12.0. The maximum atomic E-state index is 13.3. The van der Waals surface area contributed by atoms with Gasteiger partial charge in [0.05, 0.1) is 11.4 Å². The summed E-state index contributed by atoms with van der Waals surface area (Å²) in [5, 5.41) is 2.71. The van der Waals surface area contributed by atoms with E-state index in [2.05, 4.69) is 21.2 Å². The third-order valence-electron chi connectivity index (χ3n) is 5.15. The number of primary amides is 1. The van der Waals surface area contributed by atoms with Crippen LogP contribution in [0.2, 0.25) is 0 Å². The number of hydrogen-bond acceptors (Lipinski definition) is 4. The van der Waals surface area contributed by atoms with Gasteiger partial charge in [-0.2, -0.15) is 4.31 Å². The van der Waals surface area contributed by atoms with E-state index < -0.39 is 21.8 Å². The highest BCUT2D eigenvalue weighted by Gasteiger charge is 2.34. The van der Waals surface area contributed by atoms with Crippen LogP contribution >= 0.6 is 15.9 Å². The second kappa shape index (κ2) is 9.72. The summed E-state index contributed by atoms with van der Waals surface area (Å²) in [6.45, 7) is -0.277. The molecule has 0 bridgehead atoms. The molecule has 7 nitrogen and oxygen atoms in total. The van der Waals surface area contributed by atoms with Gasteiger partial charge < -0.3 is 11.1 Å². The molecule has 0 spiro atoms. The number of anilines is 1. The van der Waals surface area contributed by atoms with Crippen LogP contribution in [0.15, 0.2) is 57.9 Å². The molecule has 0 heterocycles. The summed E-state index contributed by atoms with van der Waals surface area (Å²) in [6, 6.07) is 12.4. The minimum Gasteiger partial charge on any atom is -0.366 e. The summed E-state index contributed by atoms with van der Waals surface area (Å²) in [4.78, 5) is 24.0. The van der Waals surface area contributed by atoms with Gasteiger partial charge in [-0.25, -0.2) is 8.42 Å². The van der Waals surface area contributed by atoms with Crippen LogP contribution in [0.4, 0.5) is 5.69 Å². The first kappa shape index (κ1) is 22.5. The molecule has 9 heteroatoms. The number of nitrogens with zero attached hydrogens (tertiary/aromatic N) is 1. The predicted molar refractivity (Wildman–Crippen MR) is 118 cm³/mol. The smallest absolute Gasteiger partial charge is 0.248 e. The van der Waals surface area contributed by atoms with Crippen molar-refractivity contribution < 1.29 is 18.0 Å². The van der Waals surface area contributed by atoms with E-state index in [4.69, 9.17) is 5.73 Å². The lowest BCUT2D eigenvalue weighted by Gasteiger charge is -2.33. The van der Waals surface area contributed by atoms with Crippen LogP contribution in [0.3, 0.4) is 0 Å². The highest BCUT2D eigenvalue weighted by molar-refractivity contribution is 9.10. The Morgan fingerprint density at radius 1 is 1.00 bits per heavy atom. The summed E-state index contributed by atoms with van der Waals surface area (Å²) >= 11 is 3.32. The highest BCUT2D eigenvalue weighted by atomic mass is 79.9. The third-order valence-corrected chi connectivity index (χ3v) is 7.60. The van der Waals surface area contributed by atoms with Crippen LogP contribution in [0.5, 0.6) is 0 Å². The number of nitrogens with one attached hydrogen (secondary N) is 1. The number of hydrogen-bond donors (Lipinski definition) is 2. The largest absolute Gasteiger partial charge is 0.366 e. The van der Waals surface area contributed by atoms with Gasteiger partial charge in [0.15, 0.2) is 0 Å². The first-order valence-electron chi connectivity index (χ1n) is 9.74. The fourth-order valence-electron chi connectivity index (χ4n) is 3.58. The molecule has 3 N–H and O–H groups in total. The SMILES string of the molecule is NC(=O)c1ccc(NC(=O)CN(C2CCCCC2)S(=O)(=O)c2ccc(Br)cc2)cc1. The molecule has 1 fully saturated rings. The fraction of sp³-hybridized carbons (Fsp3) is 0.333. The van der Waals surface area contributed by atoms with Crippen LogP contribution in [-0.4, -0.2) is 37.1 Å². The van der Waals surface area contributed by atoms with Crippen molar-refractivity contribution in [3.8, 4) is 0 Å². The van der Waals surface area contributed by atoms with Gasteiger partial charge in [-0.05, 0) is 61.4 Å². The van der Waals surface area contributed by atoms with Crippen molar-refractivity contribution in [3.05, 3.63) is 58.6 Å². The van der Waals surface area contributed by atoms with Gasteiger partial charge in [0, 0.05) is 21.8 Å². The van der Waals surface area contributed by atoms with Crippen molar-refractivity contribution >= 4 is 43.5 Å². The van der Waals surface area contributed by atoms with E-state index in [1.54, 1.807) is 24.3 Å². The standard InChI is InChI=1S/C21H24BrN3O4S/c22-16-8-12-19(13-9-16)30(28,29)25(18-4-2-1-3-5-18)14-20(26)24-17-10-6-15(7-11-17)21(23)27/h6-13,18H,1-5,14H2,(H2,23,27)(H,24,26). The molecule has 1 aliphatic rings. The molecule has 2 amide bonds. The lowest BCUT2D eigenvalue weighted by molar-refractivity contribution is -0.116. The molecule has 2 aromatic carbocycles. The molecule has 0 aliphatic heterocycles. The Morgan fingerprint density at radius 3 is 2.17 bits per heavy atom. The zero-order valence-corrected chi connectivity index (χ0v) is 18.8. The molecule has 0 radical (unpaired) electrons. The van der Waals surface area contributed by atoms with Gasteiger partial charge in [-0.3, -0.25) is 9.59 Å². The molecule has 2 aromatic rings. The normalized spacial score (nSPS) is 15.1. The summed E-state index contributed by atoms with van der Waals surface area (Å²) in [5.74, 6) is -0.995. The molecule has 3 rings (SSSR count). The molecule has 1 saturated carbocycles.